The zero-order chi connectivity index (χ0) is 24.5. The Balaban J connectivity index is 1.59. The Morgan fingerprint density at radius 2 is 1.19 bits per heavy atom. The maximum Gasteiger partial charge on any atom is 0.114 e. The van der Waals surface area contributed by atoms with Gasteiger partial charge >= 0.3 is 0 Å². The summed E-state index contributed by atoms with van der Waals surface area (Å²) < 4.78 is 4.79. The van der Waals surface area contributed by atoms with Crippen molar-refractivity contribution in [2.24, 2.45) is 0 Å². The lowest BCUT2D eigenvalue weighted by atomic mass is 10.1. The van der Waals surface area contributed by atoms with Crippen molar-refractivity contribution >= 4 is 49.9 Å². The molecule has 4 nitrogen and oxygen atoms in total. The molecule has 4 heteroatoms. The second-order valence-electron chi connectivity index (χ2n) is 9.55. The van der Waals surface area contributed by atoms with Crippen molar-refractivity contribution in [1.29, 1.82) is 0 Å². The maximum atomic E-state index is 5.10. The molecule has 0 radical (unpaired) electrons. The van der Waals surface area contributed by atoms with Crippen LogP contribution in [0.25, 0.3) is 44.2 Å². The zero-order valence-corrected chi connectivity index (χ0v) is 20.5. The number of nitrogens with zero attached hydrogens (tertiary/aromatic N) is 4. The van der Waals surface area contributed by atoms with E-state index in [0.29, 0.717) is 0 Å². The molecule has 0 spiro atoms. The molecule has 0 aliphatic carbocycles. The highest BCUT2D eigenvalue weighted by atomic mass is 15.3. The van der Waals surface area contributed by atoms with Gasteiger partial charge in [-0.3, -0.25) is 4.57 Å². The van der Waals surface area contributed by atoms with Crippen LogP contribution in [-0.2, 0) is 6.42 Å². The van der Waals surface area contributed by atoms with Crippen LogP contribution < -0.4 is 4.90 Å². The molecule has 2 aromatic heterocycles. The van der Waals surface area contributed by atoms with E-state index in [1.54, 1.807) is 0 Å². The van der Waals surface area contributed by atoms with Gasteiger partial charge < -0.3 is 9.47 Å². The Bertz CT molecular complexity index is 1920. The smallest absolute Gasteiger partial charge is 0.114 e. The molecular weight excluding hydrogens is 452 g/mol. The topological polar surface area (TPSA) is 26.0 Å². The largest absolute Gasteiger partial charge is 0.307 e. The summed E-state index contributed by atoms with van der Waals surface area (Å²) in [5, 5.41) is 2.52. The second-order valence-corrected chi connectivity index (χ2v) is 9.55. The molecule has 7 aromatic rings. The van der Waals surface area contributed by atoms with Crippen LogP contribution in [0.5, 0.6) is 0 Å². The van der Waals surface area contributed by atoms with E-state index in [1.165, 1.54) is 21.8 Å². The summed E-state index contributed by atoms with van der Waals surface area (Å²) in [6.07, 6.45) is 0.860. The predicted octanol–water partition coefficient (Wildman–Crippen LogP) is 8.47. The van der Waals surface area contributed by atoms with Gasteiger partial charge in [0.15, 0.2) is 0 Å². The average molecular weight is 477 g/mol. The number of aromatic nitrogens is 3. The summed E-state index contributed by atoms with van der Waals surface area (Å²) in [4.78, 5) is 7.52. The van der Waals surface area contributed by atoms with Gasteiger partial charge in [0.2, 0.25) is 0 Å². The third-order valence-corrected chi connectivity index (χ3v) is 7.58. The minimum Gasteiger partial charge on any atom is -0.307 e. The first-order chi connectivity index (χ1) is 18.3. The molecule has 5 aromatic carbocycles. The summed E-state index contributed by atoms with van der Waals surface area (Å²) in [5.41, 5.74) is 10.3. The lowest BCUT2D eigenvalue weighted by molar-refractivity contribution is 0.899. The van der Waals surface area contributed by atoms with E-state index < -0.39 is 0 Å². The fourth-order valence-corrected chi connectivity index (χ4v) is 6.07. The first kappa shape index (κ1) is 20.4. The van der Waals surface area contributed by atoms with Gasteiger partial charge in [0.1, 0.15) is 5.82 Å². The summed E-state index contributed by atoms with van der Waals surface area (Å²) in [6.45, 7) is 2.18. The molecule has 0 unspecified atom stereocenters. The maximum absolute atomic E-state index is 5.10. The van der Waals surface area contributed by atoms with Crippen LogP contribution in [0.15, 0.2) is 115 Å². The van der Waals surface area contributed by atoms with Crippen molar-refractivity contribution in [3.63, 3.8) is 0 Å². The zero-order valence-electron chi connectivity index (χ0n) is 20.5. The predicted molar refractivity (Wildman–Crippen MR) is 153 cm³/mol. The minimum absolute atomic E-state index is 0.860. The molecule has 0 N–H and O–H groups in total. The van der Waals surface area contributed by atoms with E-state index in [9.17, 15) is 0 Å². The Kier molecular flexibility index (Phi) is 4.17. The molecule has 0 bridgehead atoms. The third-order valence-electron chi connectivity index (χ3n) is 7.58. The van der Waals surface area contributed by atoms with Crippen molar-refractivity contribution in [3.8, 4) is 11.4 Å². The van der Waals surface area contributed by atoms with Crippen LogP contribution in [0, 0.1) is 0 Å². The Labute approximate surface area is 214 Å². The van der Waals surface area contributed by atoms with Crippen molar-refractivity contribution in [3.05, 3.63) is 121 Å². The Morgan fingerprint density at radius 3 is 1.89 bits per heavy atom. The molecule has 8 rings (SSSR count). The van der Waals surface area contributed by atoms with E-state index in [2.05, 4.69) is 136 Å². The highest BCUT2D eigenvalue weighted by molar-refractivity contribution is 6.12. The standard InChI is InChI=1S/C33H24N4/c1-2-31-34-25-20-21-30(36-26-16-8-6-14-23(26)24-15-7-9-17-27(24)36)33-32(25)37(31)29-19-11-10-18-28(29)35(33)22-12-4-3-5-13-22/h3-21H,2H2,1H3. The summed E-state index contributed by atoms with van der Waals surface area (Å²) >= 11 is 0. The minimum atomic E-state index is 0.860. The molecule has 176 valence electrons. The van der Waals surface area contributed by atoms with Crippen LogP contribution in [0.1, 0.15) is 12.7 Å². The summed E-state index contributed by atoms with van der Waals surface area (Å²) in [7, 11) is 0. The molecule has 0 atom stereocenters. The fraction of sp³-hybridized carbons (Fsp3) is 0.0606. The van der Waals surface area contributed by atoms with Gasteiger partial charge in [-0.15, -0.1) is 0 Å². The first-order valence-electron chi connectivity index (χ1n) is 12.8. The van der Waals surface area contributed by atoms with Gasteiger partial charge in [-0.2, -0.15) is 0 Å². The molecule has 1 aliphatic rings. The fourth-order valence-electron chi connectivity index (χ4n) is 6.07. The van der Waals surface area contributed by atoms with Gasteiger partial charge in [-0.1, -0.05) is 73.7 Å². The summed E-state index contributed by atoms with van der Waals surface area (Å²) in [6, 6.07) is 41.2. The molecule has 0 saturated carbocycles. The number of benzene rings is 5. The molecule has 0 saturated heterocycles. The quantitative estimate of drug-likeness (QED) is 0.256. The molecule has 0 amide bonds. The van der Waals surface area contributed by atoms with E-state index >= 15 is 0 Å². The molecular formula is C33H24N4. The number of anilines is 3. The Hall–Kier alpha value is -4.83. The van der Waals surface area contributed by atoms with Crippen LogP contribution >= 0.6 is 0 Å². The number of hydrogen-bond acceptors (Lipinski definition) is 2. The first-order valence-corrected chi connectivity index (χ1v) is 12.8. The van der Waals surface area contributed by atoms with E-state index in [-0.39, 0.29) is 0 Å². The number of rotatable bonds is 3. The van der Waals surface area contributed by atoms with E-state index in [4.69, 9.17) is 4.98 Å². The van der Waals surface area contributed by atoms with Crippen LogP contribution in [0.4, 0.5) is 17.1 Å². The van der Waals surface area contributed by atoms with Crippen molar-refractivity contribution < 1.29 is 0 Å². The second kappa shape index (κ2) is 7.58. The van der Waals surface area contributed by atoms with E-state index in [1.807, 2.05) is 0 Å². The third kappa shape index (κ3) is 2.70. The molecule has 1 aliphatic heterocycles. The van der Waals surface area contributed by atoms with Gasteiger partial charge in [-0.25, -0.2) is 4.98 Å². The molecule has 0 fully saturated rings. The van der Waals surface area contributed by atoms with Gasteiger partial charge in [-0.05, 0) is 48.5 Å². The highest BCUT2D eigenvalue weighted by Gasteiger charge is 2.31. The van der Waals surface area contributed by atoms with Crippen LogP contribution in [-0.4, -0.2) is 14.1 Å². The van der Waals surface area contributed by atoms with E-state index in [0.717, 1.165) is 51.7 Å². The number of imidazole rings is 1. The number of aryl methyl sites for hydroxylation is 1. The summed E-state index contributed by atoms with van der Waals surface area (Å²) in [5.74, 6) is 1.08. The highest BCUT2D eigenvalue weighted by Crippen LogP contribution is 2.50. The van der Waals surface area contributed by atoms with Crippen LogP contribution in [0.2, 0.25) is 0 Å². The lowest BCUT2D eigenvalue weighted by Crippen LogP contribution is -2.20. The van der Waals surface area contributed by atoms with Crippen molar-refractivity contribution in [2.75, 3.05) is 4.90 Å². The molecule has 37 heavy (non-hydrogen) atoms. The SMILES string of the molecule is CCc1nc2ccc(-n3c4ccccc4c4ccccc43)c3c2n1-c1ccccc1N3c1ccccc1. The number of fused-ring (bicyclic) bond motifs is 5. The monoisotopic (exact) mass is 476 g/mol. The lowest BCUT2D eigenvalue weighted by Gasteiger charge is -2.34. The number of para-hydroxylation sites is 5. The van der Waals surface area contributed by atoms with Gasteiger partial charge in [0.25, 0.3) is 0 Å². The Morgan fingerprint density at radius 1 is 0.568 bits per heavy atom. The van der Waals surface area contributed by atoms with Crippen molar-refractivity contribution in [1.82, 2.24) is 14.1 Å². The normalized spacial score (nSPS) is 12.5. The van der Waals surface area contributed by atoms with Gasteiger partial charge in [0, 0.05) is 22.9 Å². The molecule has 3 heterocycles. The average Bonchev–Trinajstić information content (AvgIpc) is 3.51. The van der Waals surface area contributed by atoms with Gasteiger partial charge in [0.05, 0.1) is 44.8 Å². The number of hydrogen-bond donors (Lipinski definition) is 0. The van der Waals surface area contributed by atoms with Crippen molar-refractivity contribution in [2.45, 2.75) is 13.3 Å². The van der Waals surface area contributed by atoms with Crippen LogP contribution in [0.3, 0.4) is 0 Å².